The van der Waals surface area contributed by atoms with E-state index in [0.717, 1.165) is 50.2 Å². The number of aromatic amines is 3. The standard InChI is InChI=1S/C19H12N8/c1-2-16-19(20-5-1)24-18(23-16)11-3-4-15-13(6-11)10-27(26-15)14-7-12-8-22-25-17(12)21-9-14/h1-10H,(H2,20,21,22,23,24,25)/p+1. The minimum atomic E-state index is 0.719. The van der Waals surface area contributed by atoms with Crippen molar-refractivity contribution in [3.05, 3.63) is 61.2 Å². The van der Waals surface area contributed by atoms with E-state index in [1.807, 2.05) is 47.4 Å². The summed E-state index contributed by atoms with van der Waals surface area (Å²) in [6.07, 6.45) is 7.36. The van der Waals surface area contributed by atoms with Gasteiger partial charge in [-0.05, 0) is 30.3 Å². The van der Waals surface area contributed by atoms with Crippen molar-refractivity contribution >= 4 is 33.1 Å². The van der Waals surface area contributed by atoms with Crippen LogP contribution in [0, 0.1) is 0 Å². The average Bonchev–Trinajstić information content (AvgIpc) is 3.42. The van der Waals surface area contributed by atoms with Gasteiger partial charge >= 0.3 is 0 Å². The van der Waals surface area contributed by atoms with Crippen LogP contribution in [-0.4, -0.2) is 35.2 Å². The van der Waals surface area contributed by atoms with E-state index in [2.05, 4.69) is 41.3 Å². The molecule has 0 radical (unpaired) electrons. The summed E-state index contributed by atoms with van der Waals surface area (Å²) in [4.78, 5) is 16.6. The molecule has 6 rings (SSSR count). The van der Waals surface area contributed by atoms with Gasteiger partial charge in [0, 0.05) is 23.2 Å². The molecule has 0 aliphatic carbocycles. The van der Waals surface area contributed by atoms with E-state index in [-0.39, 0.29) is 0 Å². The maximum atomic E-state index is 4.58. The van der Waals surface area contributed by atoms with Crippen LogP contribution in [0.1, 0.15) is 0 Å². The number of benzene rings is 1. The molecule has 8 heteroatoms. The zero-order valence-corrected chi connectivity index (χ0v) is 14.0. The van der Waals surface area contributed by atoms with Crippen LogP contribution >= 0.6 is 0 Å². The molecule has 8 nitrogen and oxygen atoms in total. The van der Waals surface area contributed by atoms with Crippen LogP contribution in [-0.2, 0) is 0 Å². The van der Waals surface area contributed by atoms with Gasteiger partial charge in [0.05, 0.1) is 17.1 Å². The fourth-order valence-corrected chi connectivity index (χ4v) is 3.30. The number of nitrogens with zero attached hydrogens (tertiary/aromatic N) is 5. The lowest BCUT2D eigenvalue weighted by molar-refractivity contribution is -0.653. The zero-order valence-electron chi connectivity index (χ0n) is 14.0. The van der Waals surface area contributed by atoms with Crippen molar-refractivity contribution in [1.82, 2.24) is 35.2 Å². The first kappa shape index (κ1) is 14.1. The minimum absolute atomic E-state index is 0.719. The van der Waals surface area contributed by atoms with Gasteiger partial charge in [0.25, 0.3) is 5.69 Å². The van der Waals surface area contributed by atoms with E-state index in [0.29, 0.717) is 0 Å². The molecule has 0 unspecified atom stereocenters. The lowest BCUT2D eigenvalue weighted by atomic mass is 10.1. The SMILES string of the molecule is c1cnc2nc(-c3ccc4[nH][n+](-c5cnc6[nH]ncc6c5)cc4c3)[nH]c2c1. The Balaban J connectivity index is 1.46. The third kappa shape index (κ3) is 2.20. The molecule has 3 N–H and O–H groups in total. The second-order valence-corrected chi connectivity index (χ2v) is 6.37. The summed E-state index contributed by atoms with van der Waals surface area (Å²) < 4.78 is 1.95. The van der Waals surface area contributed by atoms with E-state index in [4.69, 9.17) is 0 Å². The van der Waals surface area contributed by atoms with E-state index in [1.165, 1.54) is 0 Å². The molecule has 0 bridgehead atoms. The number of hydrogen-bond donors (Lipinski definition) is 3. The first-order chi connectivity index (χ1) is 13.3. The van der Waals surface area contributed by atoms with Crippen molar-refractivity contribution < 1.29 is 4.68 Å². The molecule has 0 fully saturated rings. The number of imidazole rings is 1. The maximum absolute atomic E-state index is 4.58. The Kier molecular flexibility index (Phi) is 2.73. The number of H-pyrrole nitrogens is 3. The highest BCUT2D eigenvalue weighted by Crippen LogP contribution is 2.23. The quantitative estimate of drug-likeness (QED) is 0.416. The summed E-state index contributed by atoms with van der Waals surface area (Å²) in [5.41, 5.74) is 5.40. The van der Waals surface area contributed by atoms with Gasteiger partial charge in [-0.3, -0.25) is 5.10 Å². The molecule has 0 aliphatic rings. The Morgan fingerprint density at radius 1 is 0.926 bits per heavy atom. The number of aromatic nitrogens is 8. The molecule has 1 aromatic carbocycles. The summed E-state index contributed by atoms with van der Waals surface area (Å²) in [5, 5.41) is 12.3. The molecule has 0 amide bonds. The highest BCUT2D eigenvalue weighted by Gasteiger charge is 2.15. The molecule has 0 saturated carbocycles. The zero-order chi connectivity index (χ0) is 17.8. The van der Waals surface area contributed by atoms with Gasteiger partial charge in [-0.1, -0.05) is 4.68 Å². The number of pyridine rings is 2. The van der Waals surface area contributed by atoms with Gasteiger partial charge in [0.2, 0.25) is 6.20 Å². The number of nitrogens with one attached hydrogen (secondary N) is 3. The maximum Gasteiger partial charge on any atom is 0.254 e. The second kappa shape index (κ2) is 5.21. The second-order valence-electron chi connectivity index (χ2n) is 6.37. The smallest absolute Gasteiger partial charge is 0.254 e. The van der Waals surface area contributed by atoms with Crippen molar-refractivity contribution in [2.75, 3.05) is 0 Å². The Labute approximate surface area is 151 Å². The summed E-state index contributed by atoms with van der Waals surface area (Å²) in [5.74, 6) is 0.805. The van der Waals surface area contributed by atoms with Gasteiger partial charge in [-0.2, -0.15) is 10.2 Å². The van der Waals surface area contributed by atoms with Crippen LogP contribution < -0.4 is 4.68 Å². The highest BCUT2D eigenvalue weighted by molar-refractivity contribution is 5.84. The third-order valence-electron chi connectivity index (χ3n) is 4.65. The van der Waals surface area contributed by atoms with E-state index in [9.17, 15) is 0 Å². The Morgan fingerprint density at radius 3 is 2.89 bits per heavy atom. The van der Waals surface area contributed by atoms with Crippen LogP contribution in [0.25, 0.3) is 50.2 Å². The van der Waals surface area contributed by atoms with Crippen molar-refractivity contribution in [3.63, 3.8) is 0 Å². The summed E-state index contributed by atoms with van der Waals surface area (Å²) >= 11 is 0. The van der Waals surface area contributed by atoms with E-state index >= 15 is 0 Å². The fraction of sp³-hybridized carbons (Fsp3) is 0. The molecule has 0 spiro atoms. The minimum Gasteiger partial charge on any atom is -0.337 e. The average molecular weight is 353 g/mol. The lowest BCUT2D eigenvalue weighted by Gasteiger charge is -1.94. The summed E-state index contributed by atoms with van der Waals surface area (Å²) in [6.45, 7) is 0. The lowest BCUT2D eigenvalue weighted by Crippen LogP contribution is -2.31. The molecule has 6 aromatic rings. The molecule has 0 atom stereocenters. The van der Waals surface area contributed by atoms with E-state index < -0.39 is 0 Å². The predicted octanol–water partition coefficient (Wildman–Crippen LogP) is 2.65. The fourth-order valence-electron chi connectivity index (χ4n) is 3.30. The monoisotopic (exact) mass is 353 g/mol. The summed E-state index contributed by atoms with van der Waals surface area (Å²) in [7, 11) is 0. The van der Waals surface area contributed by atoms with Gasteiger partial charge in [-0.15, -0.1) is 0 Å². The Morgan fingerprint density at radius 2 is 1.93 bits per heavy atom. The number of hydrogen-bond acceptors (Lipinski definition) is 4. The molecular weight excluding hydrogens is 340 g/mol. The number of rotatable bonds is 2. The van der Waals surface area contributed by atoms with Gasteiger partial charge < -0.3 is 4.98 Å². The molecule has 27 heavy (non-hydrogen) atoms. The van der Waals surface area contributed by atoms with Crippen molar-refractivity contribution in [2.45, 2.75) is 0 Å². The van der Waals surface area contributed by atoms with Crippen molar-refractivity contribution in [1.29, 1.82) is 0 Å². The molecule has 5 heterocycles. The summed E-state index contributed by atoms with van der Waals surface area (Å²) in [6, 6.07) is 12.1. The highest BCUT2D eigenvalue weighted by atomic mass is 15.3. The molecule has 0 aliphatic heterocycles. The third-order valence-corrected chi connectivity index (χ3v) is 4.65. The molecular formula is C19H13N8+. The van der Waals surface area contributed by atoms with Crippen LogP contribution in [0.5, 0.6) is 0 Å². The van der Waals surface area contributed by atoms with E-state index in [1.54, 1.807) is 12.4 Å². The first-order valence-corrected chi connectivity index (χ1v) is 8.48. The topological polar surface area (TPSA) is 103 Å². The molecule has 128 valence electrons. The van der Waals surface area contributed by atoms with Crippen LogP contribution in [0.4, 0.5) is 0 Å². The Hall–Kier alpha value is -4.07. The van der Waals surface area contributed by atoms with Crippen LogP contribution in [0.15, 0.2) is 61.2 Å². The van der Waals surface area contributed by atoms with Gasteiger partial charge in [0.1, 0.15) is 17.5 Å². The van der Waals surface area contributed by atoms with Crippen molar-refractivity contribution in [2.24, 2.45) is 0 Å². The largest absolute Gasteiger partial charge is 0.337 e. The Bertz CT molecular complexity index is 1410. The van der Waals surface area contributed by atoms with Gasteiger partial charge in [0.15, 0.2) is 11.3 Å². The first-order valence-electron chi connectivity index (χ1n) is 8.48. The predicted molar refractivity (Wildman–Crippen MR) is 100 cm³/mol. The van der Waals surface area contributed by atoms with Crippen LogP contribution in [0.2, 0.25) is 0 Å². The van der Waals surface area contributed by atoms with Gasteiger partial charge in [-0.25, -0.2) is 15.0 Å². The molecule has 5 aromatic heterocycles. The molecule has 0 saturated heterocycles. The number of fused-ring (bicyclic) bond motifs is 3. The normalized spacial score (nSPS) is 11.7. The van der Waals surface area contributed by atoms with Crippen molar-refractivity contribution in [3.8, 4) is 17.1 Å². The van der Waals surface area contributed by atoms with Crippen LogP contribution in [0.3, 0.4) is 0 Å².